The summed E-state index contributed by atoms with van der Waals surface area (Å²) in [5, 5.41) is 2.35. The maximum atomic E-state index is 5.70. The smallest absolute Gasteiger partial charge is 0.158 e. The van der Waals surface area contributed by atoms with Gasteiger partial charge in [-0.1, -0.05) is 42.5 Å². The number of rotatable bonds is 0. The van der Waals surface area contributed by atoms with E-state index in [9.17, 15) is 0 Å². The SMILES string of the molecule is S=c1c2ccccc2nc2n1CCc1c-2[nH]c2ccccc12. The van der Waals surface area contributed by atoms with Gasteiger partial charge in [0.05, 0.1) is 11.2 Å². The topological polar surface area (TPSA) is 33.6 Å². The van der Waals surface area contributed by atoms with Crippen molar-refractivity contribution >= 4 is 34.0 Å². The number of fused-ring (bicyclic) bond motifs is 6. The van der Waals surface area contributed by atoms with Gasteiger partial charge in [0.1, 0.15) is 4.64 Å². The summed E-state index contributed by atoms with van der Waals surface area (Å²) in [7, 11) is 0. The van der Waals surface area contributed by atoms with E-state index in [2.05, 4.69) is 39.9 Å². The van der Waals surface area contributed by atoms with Gasteiger partial charge in [-0.15, -0.1) is 0 Å². The number of benzene rings is 2. The van der Waals surface area contributed by atoms with Gasteiger partial charge in [-0.2, -0.15) is 0 Å². The molecule has 106 valence electrons. The van der Waals surface area contributed by atoms with Crippen LogP contribution in [0, 0.1) is 4.64 Å². The van der Waals surface area contributed by atoms with E-state index in [0.29, 0.717) is 0 Å². The van der Waals surface area contributed by atoms with E-state index in [1.54, 1.807) is 0 Å². The lowest BCUT2D eigenvalue weighted by molar-refractivity contribution is 0.665. The summed E-state index contributed by atoms with van der Waals surface area (Å²) in [6.07, 6.45) is 0.987. The number of aromatic nitrogens is 3. The minimum atomic E-state index is 0.880. The van der Waals surface area contributed by atoms with Crippen LogP contribution in [0.5, 0.6) is 0 Å². The predicted molar refractivity (Wildman–Crippen MR) is 91.6 cm³/mol. The van der Waals surface area contributed by atoms with Crippen molar-refractivity contribution in [1.82, 2.24) is 14.5 Å². The van der Waals surface area contributed by atoms with Crippen LogP contribution >= 0.6 is 12.2 Å². The van der Waals surface area contributed by atoms with Crippen LogP contribution < -0.4 is 0 Å². The van der Waals surface area contributed by atoms with Crippen molar-refractivity contribution in [2.24, 2.45) is 0 Å². The molecule has 4 heteroatoms. The molecule has 2 aromatic heterocycles. The number of nitrogens with one attached hydrogen (secondary N) is 1. The third kappa shape index (κ3) is 1.50. The first kappa shape index (κ1) is 12.1. The Morgan fingerprint density at radius 3 is 2.68 bits per heavy atom. The molecule has 1 aliphatic rings. The summed E-state index contributed by atoms with van der Waals surface area (Å²) in [5.74, 6) is 0.959. The van der Waals surface area contributed by atoms with Crippen LogP contribution in [0.3, 0.4) is 0 Å². The summed E-state index contributed by atoms with van der Waals surface area (Å²) >= 11 is 5.70. The Hall–Kier alpha value is -2.46. The van der Waals surface area contributed by atoms with E-state index in [1.165, 1.54) is 16.5 Å². The molecule has 0 spiro atoms. The van der Waals surface area contributed by atoms with E-state index >= 15 is 0 Å². The Bertz CT molecular complexity index is 1100. The van der Waals surface area contributed by atoms with Crippen molar-refractivity contribution < 1.29 is 0 Å². The van der Waals surface area contributed by atoms with Crippen molar-refractivity contribution in [2.45, 2.75) is 13.0 Å². The molecule has 1 aliphatic heterocycles. The number of para-hydroxylation sites is 2. The lowest BCUT2D eigenvalue weighted by Gasteiger charge is -2.20. The second-order valence-electron chi connectivity index (χ2n) is 5.68. The molecule has 0 saturated carbocycles. The van der Waals surface area contributed by atoms with Crippen LogP contribution in [-0.4, -0.2) is 14.5 Å². The summed E-state index contributed by atoms with van der Waals surface area (Å²) in [6, 6.07) is 16.6. The summed E-state index contributed by atoms with van der Waals surface area (Å²) < 4.78 is 3.04. The van der Waals surface area contributed by atoms with E-state index in [1.807, 2.05) is 18.2 Å². The van der Waals surface area contributed by atoms with Gasteiger partial charge in [-0.3, -0.25) is 0 Å². The Balaban J connectivity index is 1.93. The maximum absolute atomic E-state index is 5.70. The summed E-state index contributed by atoms with van der Waals surface area (Å²) in [6.45, 7) is 0.890. The van der Waals surface area contributed by atoms with E-state index in [0.717, 1.165) is 40.0 Å². The molecule has 0 unspecified atom stereocenters. The zero-order chi connectivity index (χ0) is 14.7. The molecule has 0 radical (unpaired) electrons. The highest BCUT2D eigenvalue weighted by molar-refractivity contribution is 7.71. The molecule has 3 heterocycles. The highest BCUT2D eigenvalue weighted by Gasteiger charge is 2.22. The molecule has 0 aliphatic carbocycles. The zero-order valence-electron chi connectivity index (χ0n) is 11.8. The first-order valence-corrected chi connectivity index (χ1v) is 7.83. The number of aromatic amines is 1. The molecule has 0 saturated heterocycles. The Morgan fingerprint density at radius 2 is 1.77 bits per heavy atom. The molecule has 5 rings (SSSR count). The van der Waals surface area contributed by atoms with Crippen LogP contribution in [0.4, 0.5) is 0 Å². The minimum absolute atomic E-state index is 0.880. The fourth-order valence-corrected chi connectivity index (χ4v) is 3.79. The largest absolute Gasteiger partial charge is 0.352 e. The normalized spacial score (nSPS) is 13.3. The molecule has 4 aromatic rings. The second kappa shape index (κ2) is 4.27. The van der Waals surface area contributed by atoms with Gasteiger partial charge in [0.25, 0.3) is 0 Å². The molecule has 22 heavy (non-hydrogen) atoms. The maximum Gasteiger partial charge on any atom is 0.158 e. The highest BCUT2D eigenvalue weighted by atomic mass is 32.1. The van der Waals surface area contributed by atoms with Gasteiger partial charge in [-0.05, 0) is 30.2 Å². The van der Waals surface area contributed by atoms with E-state index in [-0.39, 0.29) is 0 Å². The van der Waals surface area contributed by atoms with Crippen LogP contribution in [0.2, 0.25) is 0 Å². The van der Waals surface area contributed by atoms with Gasteiger partial charge >= 0.3 is 0 Å². The lowest BCUT2D eigenvalue weighted by atomic mass is 10.0. The second-order valence-corrected chi connectivity index (χ2v) is 6.07. The molecule has 3 nitrogen and oxygen atoms in total. The fourth-order valence-electron chi connectivity index (χ4n) is 3.44. The van der Waals surface area contributed by atoms with E-state index in [4.69, 9.17) is 17.2 Å². The first-order valence-electron chi connectivity index (χ1n) is 7.42. The monoisotopic (exact) mass is 303 g/mol. The van der Waals surface area contributed by atoms with Gasteiger partial charge < -0.3 is 9.55 Å². The van der Waals surface area contributed by atoms with Crippen molar-refractivity contribution in [2.75, 3.05) is 0 Å². The average molecular weight is 303 g/mol. The third-order valence-corrected chi connectivity index (χ3v) is 4.92. The molecule has 2 aromatic carbocycles. The van der Waals surface area contributed by atoms with Crippen LogP contribution in [0.1, 0.15) is 5.56 Å². The minimum Gasteiger partial charge on any atom is -0.352 e. The first-order chi connectivity index (χ1) is 10.8. The van der Waals surface area contributed by atoms with Crippen LogP contribution in [0.15, 0.2) is 48.5 Å². The molecule has 0 bridgehead atoms. The number of nitrogens with zero attached hydrogens (tertiary/aromatic N) is 2. The Kier molecular flexibility index (Phi) is 2.35. The zero-order valence-corrected chi connectivity index (χ0v) is 12.7. The molecular formula is C18H13N3S. The fraction of sp³-hybridized carbons (Fsp3) is 0.111. The molecular weight excluding hydrogens is 290 g/mol. The van der Waals surface area contributed by atoms with Gasteiger partial charge in [0, 0.05) is 22.8 Å². The molecule has 0 fully saturated rings. The number of aryl methyl sites for hydroxylation is 1. The van der Waals surface area contributed by atoms with Gasteiger partial charge in [0.2, 0.25) is 0 Å². The summed E-state index contributed by atoms with van der Waals surface area (Å²) in [4.78, 5) is 8.41. The molecule has 0 amide bonds. The van der Waals surface area contributed by atoms with Crippen molar-refractivity contribution in [3.8, 4) is 11.5 Å². The Labute approximate surface area is 132 Å². The summed E-state index contributed by atoms with van der Waals surface area (Å²) in [5.41, 5.74) is 4.60. The quantitative estimate of drug-likeness (QED) is 0.486. The number of H-pyrrole nitrogens is 1. The third-order valence-electron chi connectivity index (χ3n) is 4.48. The van der Waals surface area contributed by atoms with Crippen molar-refractivity contribution in [3.63, 3.8) is 0 Å². The molecule has 1 N–H and O–H groups in total. The van der Waals surface area contributed by atoms with Gasteiger partial charge in [-0.25, -0.2) is 4.98 Å². The average Bonchev–Trinajstić information content (AvgIpc) is 2.94. The Morgan fingerprint density at radius 1 is 1.00 bits per heavy atom. The lowest BCUT2D eigenvalue weighted by Crippen LogP contribution is -2.15. The van der Waals surface area contributed by atoms with Crippen LogP contribution in [0.25, 0.3) is 33.3 Å². The highest BCUT2D eigenvalue weighted by Crippen LogP contribution is 2.34. The van der Waals surface area contributed by atoms with Crippen LogP contribution in [-0.2, 0) is 13.0 Å². The standard InChI is InChI=1S/C18H13N3S/c22-18-13-6-2-4-8-15(13)20-17-16-12(9-10-21(17)18)11-5-1-3-7-14(11)19-16/h1-8,19H,9-10H2. The number of hydrogen-bond donors (Lipinski definition) is 1. The van der Waals surface area contributed by atoms with Crippen molar-refractivity contribution in [3.05, 3.63) is 58.7 Å². The number of hydrogen-bond acceptors (Lipinski definition) is 2. The van der Waals surface area contributed by atoms with E-state index < -0.39 is 0 Å². The molecule has 0 atom stereocenters. The van der Waals surface area contributed by atoms with Crippen molar-refractivity contribution in [1.29, 1.82) is 0 Å². The predicted octanol–water partition coefficient (Wildman–Crippen LogP) is 4.47. The van der Waals surface area contributed by atoms with Gasteiger partial charge in [0.15, 0.2) is 5.82 Å².